The van der Waals surface area contributed by atoms with Gasteiger partial charge in [0.1, 0.15) is 23.0 Å². The maximum absolute atomic E-state index is 12.5. The van der Waals surface area contributed by atoms with Crippen LogP contribution in [0.25, 0.3) is 0 Å². The van der Waals surface area contributed by atoms with Crippen LogP contribution in [0.5, 0.6) is 23.0 Å². The Hall–Kier alpha value is -5.64. The molecule has 3 heterocycles. The van der Waals surface area contributed by atoms with E-state index < -0.39 is 34.8 Å². The van der Waals surface area contributed by atoms with Gasteiger partial charge in [-0.05, 0) is 42.3 Å². The Morgan fingerprint density at radius 2 is 1.24 bits per heavy atom. The first kappa shape index (κ1) is 26.6. The Labute approximate surface area is 239 Å². The van der Waals surface area contributed by atoms with Crippen LogP contribution in [0.3, 0.4) is 0 Å². The van der Waals surface area contributed by atoms with Crippen LogP contribution in [-0.4, -0.2) is 34.0 Å². The van der Waals surface area contributed by atoms with Crippen molar-refractivity contribution < 1.29 is 38.9 Å². The minimum atomic E-state index is -1.31. The van der Waals surface area contributed by atoms with E-state index in [4.69, 9.17) is 9.47 Å². The van der Waals surface area contributed by atoms with E-state index in [0.29, 0.717) is 45.7 Å². The van der Waals surface area contributed by atoms with Crippen molar-refractivity contribution in [3.05, 3.63) is 119 Å². The number of carbonyl (C=O) groups excluding carboxylic acids is 4. The number of imide groups is 2. The van der Waals surface area contributed by atoms with Crippen LogP contribution >= 0.6 is 0 Å². The Morgan fingerprint density at radius 1 is 0.690 bits per heavy atom. The first-order valence-corrected chi connectivity index (χ1v) is 13.1. The van der Waals surface area contributed by atoms with Gasteiger partial charge >= 0.3 is 12.0 Å². The van der Waals surface area contributed by atoms with E-state index in [1.807, 2.05) is 12.1 Å². The fraction of sp³-hybridized carbons (Fsp3) is 0.125. The molecular formula is C32H24N2O8. The molecule has 1 fully saturated rings. The van der Waals surface area contributed by atoms with Gasteiger partial charge in [0, 0.05) is 28.8 Å². The molecular weight excluding hydrogens is 540 g/mol. The van der Waals surface area contributed by atoms with Crippen LogP contribution in [0.1, 0.15) is 46.0 Å². The predicted molar refractivity (Wildman–Crippen MR) is 148 cm³/mol. The minimum absolute atomic E-state index is 0.0371. The second-order valence-electron chi connectivity index (χ2n) is 9.94. The third-order valence-electron chi connectivity index (χ3n) is 7.71. The Bertz CT molecular complexity index is 1710. The van der Waals surface area contributed by atoms with Gasteiger partial charge in [-0.2, -0.15) is 0 Å². The first-order chi connectivity index (χ1) is 20.2. The second kappa shape index (κ2) is 9.77. The zero-order chi connectivity index (χ0) is 29.6. The normalized spacial score (nSPS) is 16.9. The number of barbiturate groups is 1. The molecule has 4 aromatic carbocycles. The molecule has 3 aliphatic rings. The van der Waals surface area contributed by atoms with Gasteiger partial charge < -0.3 is 19.7 Å². The van der Waals surface area contributed by atoms with Crippen molar-refractivity contribution in [2.75, 3.05) is 0 Å². The number of rotatable bonds is 2. The van der Waals surface area contributed by atoms with Gasteiger partial charge in [0.25, 0.3) is 0 Å². The number of esters is 1. The molecule has 0 atom stereocenters. The maximum Gasteiger partial charge on any atom is 0.340 e. The van der Waals surface area contributed by atoms with E-state index in [2.05, 4.69) is 10.6 Å². The van der Waals surface area contributed by atoms with E-state index in [9.17, 15) is 29.4 Å². The summed E-state index contributed by atoms with van der Waals surface area (Å²) >= 11 is 0. The van der Waals surface area contributed by atoms with E-state index in [0.717, 1.165) is 0 Å². The molecule has 4 aromatic rings. The molecule has 0 saturated carbocycles. The lowest BCUT2D eigenvalue weighted by Gasteiger charge is -2.36. The van der Waals surface area contributed by atoms with Crippen molar-refractivity contribution in [3.8, 4) is 23.0 Å². The minimum Gasteiger partial charge on any atom is -0.508 e. The van der Waals surface area contributed by atoms with Gasteiger partial charge in [0.15, 0.2) is 11.0 Å². The van der Waals surface area contributed by atoms with Crippen molar-refractivity contribution in [2.45, 2.75) is 24.4 Å². The van der Waals surface area contributed by atoms with Gasteiger partial charge in [-0.3, -0.25) is 20.2 Å². The summed E-state index contributed by atoms with van der Waals surface area (Å²) in [6.45, 7) is 1.74. The summed E-state index contributed by atoms with van der Waals surface area (Å²) in [5.74, 6) is -0.731. The van der Waals surface area contributed by atoms with Gasteiger partial charge in [0.2, 0.25) is 11.8 Å². The zero-order valence-corrected chi connectivity index (χ0v) is 22.2. The molecule has 10 nitrogen and oxygen atoms in total. The van der Waals surface area contributed by atoms with E-state index >= 15 is 0 Å². The highest BCUT2D eigenvalue weighted by molar-refractivity contribution is 6.22. The number of hydrogen-bond acceptors (Lipinski definition) is 8. The number of fused-ring (bicyclic) bond motifs is 6. The van der Waals surface area contributed by atoms with Crippen molar-refractivity contribution >= 4 is 23.8 Å². The summed E-state index contributed by atoms with van der Waals surface area (Å²) < 4.78 is 11.8. The molecule has 0 aromatic heterocycles. The Balaban J connectivity index is 0.000000163. The first-order valence-electron chi connectivity index (χ1n) is 13.1. The average molecular weight is 565 g/mol. The number of aromatic hydroxyl groups is 2. The average Bonchev–Trinajstić information content (AvgIpc) is 3.26. The number of ether oxygens (including phenoxy) is 2. The second-order valence-corrected chi connectivity index (χ2v) is 9.94. The van der Waals surface area contributed by atoms with E-state index in [-0.39, 0.29) is 11.5 Å². The topological polar surface area (TPSA) is 151 Å². The fourth-order valence-corrected chi connectivity index (χ4v) is 5.72. The van der Waals surface area contributed by atoms with Crippen molar-refractivity contribution in [1.82, 2.24) is 10.6 Å². The third-order valence-corrected chi connectivity index (χ3v) is 7.71. The van der Waals surface area contributed by atoms with Crippen LogP contribution in [0.15, 0.2) is 91.0 Å². The van der Waals surface area contributed by atoms with Crippen LogP contribution in [-0.2, 0) is 25.3 Å². The summed E-state index contributed by atoms with van der Waals surface area (Å²) in [5.41, 5.74) is 0.561. The number of hydrogen-bond donors (Lipinski definition) is 4. The summed E-state index contributed by atoms with van der Waals surface area (Å²) in [6, 6.07) is 24.5. The van der Waals surface area contributed by atoms with Gasteiger partial charge in [-0.1, -0.05) is 55.5 Å². The molecule has 210 valence electrons. The number of phenols is 2. The van der Waals surface area contributed by atoms with Crippen molar-refractivity contribution in [2.24, 2.45) is 0 Å². The number of amides is 4. The molecule has 4 amide bonds. The quantitative estimate of drug-likeness (QED) is 0.207. The smallest absolute Gasteiger partial charge is 0.340 e. The molecule has 4 N–H and O–H groups in total. The number of benzene rings is 4. The highest BCUT2D eigenvalue weighted by Crippen LogP contribution is 2.56. The lowest BCUT2D eigenvalue weighted by Crippen LogP contribution is -2.64. The van der Waals surface area contributed by atoms with Crippen LogP contribution in [0, 0.1) is 0 Å². The summed E-state index contributed by atoms with van der Waals surface area (Å²) in [5, 5.41) is 23.9. The summed E-state index contributed by atoms with van der Waals surface area (Å²) in [7, 11) is 0. The fourth-order valence-electron chi connectivity index (χ4n) is 5.72. The highest BCUT2D eigenvalue weighted by Gasteiger charge is 2.53. The number of urea groups is 1. The van der Waals surface area contributed by atoms with E-state index in [1.54, 1.807) is 61.5 Å². The molecule has 0 radical (unpaired) electrons. The van der Waals surface area contributed by atoms with Crippen LogP contribution in [0.4, 0.5) is 4.79 Å². The summed E-state index contributed by atoms with van der Waals surface area (Å²) in [6.07, 6.45) is 0.294. The molecule has 0 bridgehead atoms. The van der Waals surface area contributed by atoms with Crippen LogP contribution in [0.2, 0.25) is 0 Å². The molecule has 0 aliphatic carbocycles. The molecule has 10 heteroatoms. The largest absolute Gasteiger partial charge is 0.508 e. The Morgan fingerprint density at radius 3 is 1.81 bits per heavy atom. The van der Waals surface area contributed by atoms with Gasteiger partial charge in [0.05, 0.1) is 5.56 Å². The van der Waals surface area contributed by atoms with Gasteiger partial charge in [-0.25, -0.2) is 9.59 Å². The number of nitrogens with one attached hydrogen (secondary N) is 2. The van der Waals surface area contributed by atoms with Crippen molar-refractivity contribution in [3.63, 3.8) is 0 Å². The Kier molecular flexibility index (Phi) is 6.18. The number of carbonyl (C=O) groups is 4. The lowest BCUT2D eigenvalue weighted by atomic mass is 9.75. The predicted octanol–water partition coefficient (Wildman–Crippen LogP) is 4.37. The molecule has 0 unspecified atom stereocenters. The number of phenolic OH excluding ortho intramolecular Hbond substituents is 2. The van der Waals surface area contributed by atoms with Crippen LogP contribution < -0.4 is 15.4 Å². The third kappa shape index (κ3) is 3.87. The highest BCUT2D eigenvalue weighted by atomic mass is 16.6. The molecule has 1 saturated heterocycles. The standard InChI is InChI=1S/C20H12O5.C12H12N2O3/c21-11-5-7-15-17(9-11)24-18-10-12(22)6-8-16(18)20(15)14-4-2-1-3-13(14)19(23)25-20;1-2-12(8-6-4-3-5-7-8)9(15)13-11(17)14-10(12)16/h1-10,21-22H;3-7H,2H2,1H3,(H2,13,14,15,16,17). The molecule has 7 rings (SSSR count). The lowest BCUT2D eigenvalue weighted by molar-refractivity contribution is -0.138. The van der Waals surface area contributed by atoms with E-state index in [1.165, 1.54) is 24.3 Å². The van der Waals surface area contributed by atoms with Crippen molar-refractivity contribution in [1.29, 1.82) is 0 Å². The van der Waals surface area contributed by atoms with Gasteiger partial charge in [-0.15, -0.1) is 0 Å². The monoisotopic (exact) mass is 564 g/mol. The molecule has 42 heavy (non-hydrogen) atoms. The molecule has 3 aliphatic heterocycles. The summed E-state index contributed by atoms with van der Waals surface area (Å²) in [4.78, 5) is 47.5. The maximum atomic E-state index is 12.5. The zero-order valence-electron chi connectivity index (χ0n) is 22.2. The SMILES string of the molecule is CCC1(c2ccccc2)C(=O)NC(=O)NC1=O.O=C1OC2(c3ccc(O)cc3Oc3cc(O)ccc32)c2ccccc21. The molecule has 1 spiro atoms.